The van der Waals surface area contributed by atoms with Crippen molar-refractivity contribution in [3.8, 4) is 0 Å². The third kappa shape index (κ3) is 4.73. The molecule has 0 fully saturated rings. The molecule has 0 aliphatic heterocycles. The van der Waals surface area contributed by atoms with E-state index in [9.17, 15) is 8.42 Å². The highest BCUT2D eigenvalue weighted by Gasteiger charge is 2.26. The third-order valence-electron chi connectivity index (χ3n) is 3.10. The molecule has 0 saturated carbocycles. The minimum absolute atomic E-state index is 0.00214. The van der Waals surface area contributed by atoms with E-state index in [0.717, 1.165) is 30.1 Å². The Kier molecular flexibility index (Phi) is 7.53. The van der Waals surface area contributed by atoms with Crippen molar-refractivity contribution < 1.29 is 8.42 Å². The highest BCUT2D eigenvalue weighted by molar-refractivity contribution is 7.98. The van der Waals surface area contributed by atoms with E-state index in [4.69, 9.17) is 0 Å². The molecule has 0 aliphatic carbocycles. The average Bonchev–Trinajstić information content (AvgIpc) is 2.88. The fourth-order valence-electron chi connectivity index (χ4n) is 1.74. The number of sulfonamides is 1. The van der Waals surface area contributed by atoms with Gasteiger partial charge in [-0.05, 0) is 44.8 Å². The molecule has 0 bridgehead atoms. The maximum absolute atomic E-state index is 12.5. The first kappa shape index (κ1) is 18.0. The van der Waals surface area contributed by atoms with Crippen LogP contribution in [0.25, 0.3) is 0 Å². The van der Waals surface area contributed by atoms with Gasteiger partial charge < -0.3 is 5.32 Å². The summed E-state index contributed by atoms with van der Waals surface area (Å²) in [6, 6.07) is 3.65. The molecule has 0 aliphatic rings. The van der Waals surface area contributed by atoms with E-state index in [0.29, 0.717) is 4.21 Å². The number of hydrogen-bond acceptors (Lipinski definition) is 5. The second-order valence-electron chi connectivity index (χ2n) is 4.65. The highest BCUT2D eigenvalue weighted by atomic mass is 32.2. The maximum atomic E-state index is 12.5. The van der Waals surface area contributed by atoms with Crippen molar-refractivity contribution in [2.75, 3.05) is 32.1 Å². The van der Waals surface area contributed by atoms with Crippen LogP contribution < -0.4 is 5.32 Å². The number of rotatable bonds is 9. The number of hydrogen-bond donors (Lipinski definition) is 1. The van der Waals surface area contributed by atoms with Crippen LogP contribution in [-0.4, -0.2) is 50.9 Å². The molecular formula is C13H24N2O2S3. The Morgan fingerprint density at radius 1 is 1.45 bits per heavy atom. The van der Waals surface area contributed by atoms with Crippen LogP contribution in [0.4, 0.5) is 0 Å². The number of likely N-dealkylation sites (N-methyl/N-ethyl adjacent to an activating group) is 1. The molecule has 116 valence electrons. The lowest BCUT2D eigenvalue weighted by Crippen LogP contribution is -2.36. The zero-order chi connectivity index (χ0) is 15.2. The van der Waals surface area contributed by atoms with E-state index in [1.54, 1.807) is 24.9 Å². The van der Waals surface area contributed by atoms with E-state index >= 15 is 0 Å². The number of nitrogens with one attached hydrogen (secondary N) is 1. The van der Waals surface area contributed by atoms with Gasteiger partial charge in [0.15, 0.2) is 0 Å². The van der Waals surface area contributed by atoms with Gasteiger partial charge in [-0.3, -0.25) is 0 Å². The second-order valence-corrected chi connectivity index (χ2v) is 8.95. The van der Waals surface area contributed by atoms with Crippen molar-refractivity contribution in [1.82, 2.24) is 9.62 Å². The molecule has 1 heterocycles. The van der Waals surface area contributed by atoms with Crippen molar-refractivity contribution in [1.29, 1.82) is 0 Å². The van der Waals surface area contributed by atoms with Gasteiger partial charge in [0.25, 0.3) is 10.0 Å². The van der Waals surface area contributed by atoms with E-state index in [-0.39, 0.29) is 6.04 Å². The van der Waals surface area contributed by atoms with Crippen molar-refractivity contribution >= 4 is 33.1 Å². The first-order chi connectivity index (χ1) is 9.43. The van der Waals surface area contributed by atoms with Gasteiger partial charge in [0.2, 0.25) is 0 Å². The van der Waals surface area contributed by atoms with Crippen LogP contribution >= 0.6 is 23.1 Å². The molecule has 1 aromatic rings. The summed E-state index contributed by atoms with van der Waals surface area (Å²) in [5.41, 5.74) is 0. The van der Waals surface area contributed by atoms with Gasteiger partial charge in [0.05, 0.1) is 0 Å². The van der Waals surface area contributed by atoms with Gasteiger partial charge >= 0.3 is 0 Å². The molecule has 1 unspecified atom stereocenters. The van der Waals surface area contributed by atoms with E-state index in [1.807, 2.05) is 19.2 Å². The first-order valence-corrected chi connectivity index (χ1v) is 10.3. The normalized spacial score (nSPS) is 13.8. The summed E-state index contributed by atoms with van der Waals surface area (Å²) in [4.78, 5) is 1.11. The zero-order valence-electron chi connectivity index (χ0n) is 12.5. The molecule has 7 heteroatoms. The highest BCUT2D eigenvalue weighted by Crippen LogP contribution is 2.26. The summed E-state index contributed by atoms with van der Waals surface area (Å²) < 4.78 is 26.9. The zero-order valence-corrected chi connectivity index (χ0v) is 15.0. The molecule has 0 spiro atoms. The number of thioether (sulfide) groups is 1. The van der Waals surface area contributed by atoms with Crippen LogP contribution in [0.15, 0.2) is 16.3 Å². The lowest BCUT2D eigenvalue weighted by atomic mass is 10.3. The smallest absolute Gasteiger partial charge is 0.252 e. The van der Waals surface area contributed by atoms with Crippen molar-refractivity contribution in [2.24, 2.45) is 0 Å². The van der Waals surface area contributed by atoms with E-state index in [2.05, 4.69) is 12.2 Å². The number of thiophene rings is 1. The van der Waals surface area contributed by atoms with Crippen LogP contribution in [0.3, 0.4) is 0 Å². The molecule has 20 heavy (non-hydrogen) atoms. The Hall–Kier alpha value is -0.0800. The van der Waals surface area contributed by atoms with E-state index < -0.39 is 10.0 Å². The number of nitrogens with zero attached hydrogens (tertiary/aromatic N) is 1. The van der Waals surface area contributed by atoms with Crippen LogP contribution in [0.1, 0.15) is 18.7 Å². The molecular weight excluding hydrogens is 312 g/mol. The Labute approximate surface area is 131 Å². The van der Waals surface area contributed by atoms with Crippen molar-refractivity contribution in [2.45, 2.75) is 30.5 Å². The molecule has 4 nitrogen and oxygen atoms in total. The monoisotopic (exact) mass is 336 g/mol. The third-order valence-corrected chi connectivity index (χ3v) is 7.50. The van der Waals surface area contributed by atoms with Gasteiger partial charge in [0, 0.05) is 23.7 Å². The lowest BCUT2D eigenvalue weighted by Gasteiger charge is -2.22. The first-order valence-electron chi connectivity index (χ1n) is 6.69. The van der Waals surface area contributed by atoms with Crippen LogP contribution in [0, 0.1) is 0 Å². The maximum Gasteiger partial charge on any atom is 0.252 e. The fraction of sp³-hybridized carbons (Fsp3) is 0.692. The SMILES string of the molecule is CCNCCc1ccc(S(=O)(=O)N(C)C(C)CSC)s1. The Balaban J connectivity index is 2.77. The van der Waals surface area contributed by atoms with E-state index in [1.165, 1.54) is 15.6 Å². The second kappa shape index (κ2) is 8.38. The van der Waals surface area contributed by atoms with Gasteiger partial charge in [-0.15, -0.1) is 11.3 Å². The van der Waals surface area contributed by atoms with Gasteiger partial charge in [-0.2, -0.15) is 16.1 Å². The summed E-state index contributed by atoms with van der Waals surface area (Å²) in [6.45, 7) is 5.82. The lowest BCUT2D eigenvalue weighted by molar-refractivity contribution is 0.416. The van der Waals surface area contributed by atoms with Gasteiger partial charge in [0.1, 0.15) is 4.21 Å². The Morgan fingerprint density at radius 2 is 2.15 bits per heavy atom. The largest absolute Gasteiger partial charge is 0.317 e. The summed E-state index contributed by atoms with van der Waals surface area (Å²) in [6.07, 6.45) is 2.86. The minimum atomic E-state index is -3.35. The van der Waals surface area contributed by atoms with Crippen molar-refractivity contribution in [3.63, 3.8) is 0 Å². The van der Waals surface area contributed by atoms with Gasteiger partial charge in [-0.25, -0.2) is 8.42 Å². The molecule has 0 amide bonds. The van der Waals surface area contributed by atoms with Gasteiger partial charge in [-0.1, -0.05) is 6.92 Å². The fourth-order valence-corrected chi connectivity index (χ4v) is 5.45. The van der Waals surface area contributed by atoms with Crippen LogP contribution in [0.2, 0.25) is 0 Å². The standard InChI is InChI=1S/C13H24N2O2S3/c1-5-14-9-8-12-6-7-13(19-12)20(16,17)15(3)11(2)10-18-4/h6-7,11,14H,5,8-10H2,1-4H3. The quantitative estimate of drug-likeness (QED) is 0.703. The summed E-state index contributed by atoms with van der Waals surface area (Å²) in [5.74, 6) is 0.800. The van der Waals surface area contributed by atoms with Crippen molar-refractivity contribution in [3.05, 3.63) is 17.0 Å². The molecule has 0 saturated heterocycles. The average molecular weight is 337 g/mol. The summed E-state index contributed by atoms with van der Waals surface area (Å²) in [7, 11) is -1.69. The molecule has 1 rings (SSSR count). The molecule has 0 aromatic carbocycles. The summed E-state index contributed by atoms with van der Waals surface area (Å²) >= 11 is 3.03. The topological polar surface area (TPSA) is 49.4 Å². The Bertz CT molecular complexity index is 499. The Morgan fingerprint density at radius 3 is 2.75 bits per heavy atom. The minimum Gasteiger partial charge on any atom is -0.317 e. The molecule has 1 N–H and O–H groups in total. The van der Waals surface area contributed by atoms with Crippen LogP contribution in [-0.2, 0) is 16.4 Å². The summed E-state index contributed by atoms with van der Waals surface area (Å²) in [5, 5.41) is 3.25. The van der Waals surface area contributed by atoms with Crippen LogP contribution in [0.5, 0.6) is 0 Å². The predicted octanol–water partition coefficient (Wildman–Crippen LogP) is 2.27. The molecule has 0 radical (unpaired) electrons. The molecule has 1 aromatic heterocycles. The predicted molar refractivity (Wildman–Crippen MR) is 89.4 cm³/mol. The molecule has 1 atom stereocenters.